The number of amides is 1. The van der Waals surface area contributed by atoms with Crippen LogP contribution in [0.25, 0.3) is 10.8 Å². The third kappa shape index (κ3) is 4.21. The van der Waals surface area contributed by atoms with Gasteiger partial charge in [-0.2, -0.15) is 0 Å². The number of hydrogen-bond acceptors (Lipinski definition) is 5. The van der Waals surface area contributed by atoms with Crippen LogP contribution in [0.4, 0.5) is 0 Å². The van der Waals surface area contributed by atoms with Gasteiger partial charge < -0.3 is 20.3 Å². The zero-order chi connectivity index (χ0) is 21.2. The fourth-order valence-electron chi connectivity index (χ4n) is 2.65. The monoisotopic (exact) mass is 382 g/mol. The molecule has 0 saturated carbocycles. The summed E-state index contributed by atoms with van der Waals surface area (Å²) in [5.74, 6) is -2.10. The van der Waals surface area contributed by atoms with Gasteiger partial charge in [-0.25, -0.2) is 4.98 Å². The smallest absolute Gasteiger partial charge is 0.310 e. The van der Waals surface area contributed by atoms with Crippen molar-refractivity contribution in [1.29, 1.82) is 0 Å². The summed E-state index contributed by atoms with van der Waals surface area (Å²) in [6, 6.07) is 13.8. The molecule has 6 radical (unpaired) electrons. The minimum Gasteiger partial charge on any atom is -0.505 e. The Morgan fingerprint density at radius 3 is 2.38 bits per heavy atom. The normalized spacial score (nSPS) is 11.2. The molecule has 0 aliphatic carbocycles. The van der Waals surface area contributed by atoms with Gasteiger partial charge in [0.15, 0.2) is 11.4 Å². The molecule has 7 nitrogen and oxygen atoms in total. The number of nitrogens with one attached hydrogen (secondary N) is 1. The first-order valence-corrected chi connectivity index (χ1v) is 8.45. The zero-order valence-corrected chi connectivity index (χ0v) is 15.1. The van der Waals surface area contributed by atoms with Gasteiger partial charge in [-0.05, 0) is 36.7 Å². The number of ether oxygens (including phenoxy) is 1. The maximum Gasteiger partial charge on any atom is 0.310 e. The summed E-state index contributed by atoms with van der Waals surface area (Å²) in [4.78, 5) is 27.5. The summed E-state index contributed by atoms with van der Waals surface area (Å²) in [6.45, 7) is 0. The predicted octanol–water partition coefficient (Wildman–Crippen LogP) is 1.21. The number of aromatic hydroxyl groups is 1. The molecule has 1 amide bonds. The number of para-hydroxylation sites is 1. The van der Waals surface area contributed by atoms with Crippen molar-refractivity contribution in [2.45, 2.75) is 11.7 Å². The van der Waals surface area contributed by atoms with Gasteiger partial charge in [0.05, 0.1) is 13.2 Å². The van der Waals surface area contributed by atoms with Gasteiger partial charge in [0.1, 0.15) is 27.2 Å². The molecule has 1 heterocycles. The number of aromatic nitrogens is 1. The first-order valence-electron chi connectivity index (χ1n) is 8.45. The van der Waals surface area contributed by atoms with Crippen molar-refractivity contribution in [3.63, 3.8) is 0 Å². The summed E-state index contributed by atoms with van der Waals surface area (Å²) in [5, 5.41) is 19.6. The highest BCUT2D eigenvalue weighted by atomic mass is 16.5. The standard InChI is InChI=1S/C19H13B3N2O5/c20-9-14-13-8-11(29-10-4-2-1-3-5-10)6-7-12(13)16(25)15(23-14)17(26)24-19(21,22)18(27)28/h1-8,25H,9H2,(H,24,26)(H,27,28). The average molecular weight is 382 g/mol. The van der Waals surface area contributed by atoms with Crippen molar-refractivity contribution in [2.24, 2.45) is 0 Å². The molecule has 3 N–H and O–H groups in total. The van der Waals surface area contributed by atoms with Crippen molar-refractivity contribution in [1.82, 2.24) is 10.3 Å². The number of carboxylic acid groups (broad SMARTS) is 1. The molecule has 0 fully saturated rings. The van der Waals surface area contributed by atoms with E-state index in [4.69, 9.17) is 33.4 Å². The number of carbonyl (C=O) groups is 2. The van der Waals surface area contributed by atoms with E-state index in [0.717, 1.165) is 0 Å². The van der Waals surface area contributed by atoms with E-state index in [1.165, 1.54) is 6.07 Å². The number of benzene rings is 2. The Hall–Kier alpha value is -3.42. The Morgan fingerprint density at radius 1 is 1.07 bits per heavy atom. The quantitative estimate of drug-likeness (QED) is 0.554. The van der Waals surface area contributed by atoms with Crippen LogP contribution in [0.1, 0.15) is 16.2 Å². The number of pyridine rings is 1. The lowest BCUT2D eigenvalue weighted by molar-refractivity contribution is -0.138. The average Bonchev–Trinajstić information content (AvgIpc) is 2.68. The second-order valence-corrected chi connectivity index (χ2v) is 6.21. The van der Waals surface area contributed by atoms with E-state index in [0.29, 0.717) is 16.9 Å². The summed E-state index contributed by atoms with van der Waals surface area (Å²) in [6.07, 6.45) is -0.0544. The molecule has 0 aliphatic rings. The number of rotatable bonds is 6. The fourth-order valence-corrected chi connectivity index (χ4v) is 2.65. The molecule has 0 saturated heterocycles. The first-order chi connectivity index (χ1) is 13.7. The summed E-state index contributed by atoms with van der Waals surface area (Å²) < 4.78 is 5.77. The molecule has 0 atom stereocenters. The number of carboxylic acids is 1. The maximum absolute atomic E-state index is 12.4. The highest BCUT2D eigenvalue weighted by Crippen LogP contribution is 2.33. The Balaban J connectivity index is 2.02. The van der Waals surface area contributed by atoms with E-state index in [9.17, 15) is 14.7 Å². The van der Waals surface area contributed by atoms with Crippen molar-refractivity contribution < 1.29 is 24.5 Å². The van der Waals surface area contributed by atoms with E-state index in [2.05, 4.69) is 4.98 Å². The number of fused-ring (bicyclic) bond motifs is 1. The predicted molar refractivity (Wildman–Crippen MR) is 109 cm³/mol. The number of carbonyl (C=O) groups excluding carboxylic acids is 1. The van der Waals surface area contributed by atoms with E-state index in [-0.39, 0.29) is 17.4 Å². The summed E-state index contributed by atoms with van der Waals surface area (Å²) >= 11 is 0. The number of nitrogens with zero attached hydrogens (tertiary/aromatic N) is 1. The molecule has 0 spiro atoms. The fraction of sp³-hybridized carbons (Fsp3) is 0.105. The van der Waals surface area contributed by atoms with Crippen LogP contribution in [0.15, 0.2) is 48.5 Å². The highest BCUT2D eigenvalue weighted by Gasteiger charge is 2.30. The topological polar surface area (TPSA) is 109 Å². The molecule has 10 heteroatoms. The van der Waals surface area contributed by atoms with Crippen molar-refractivity contribution in [3.05, 3.63) is 59.9 Å². The zero-order valence-electron chi connectivity index (χ0n) is 15.1. The molecule has 138 valence electrons. The van der Waals surface area contributed by atoms with Crippen LogP contribution >= 0.6 is 0 Å². The lowest BCUT2D eigenvalue weighted by Crippen LogP contribution is -2.55. The molecule has 0 bridgehead atoms. The van der Waals surface area contributed by atoms with Crippen LogP contribution in [-0.2, 0) is 11.1 Å². The van der Waals surface area contributed by atoms with Gasteiger partial charge in [-0.15, -0.1) is 0 Å². The summed E-state index contributed by atoms with van der Waals surface area (Å²) in [5.41, 5.74) is -0.160. The molecular formula is C19H13B3N2O5. The lowest BCUT2D eigenvalue weighted by atomic mass is 9.62. The van der Waals surface area contributed by atoms with E-state index < -0.39 is 28.7 Å². The SMILES string of the molecule is [B]Cc1nc(C(=O)NC([B])([B])C(=O)O)c(O)c2ccc(Oc3ccccc3)cc12. The second kappa shape index (κ2) is 7.91. The minimum atomic E-state index is -2.53. The van der Waals surface area contributed by atoms with Crippen molar-refractivity contribution in [2.75, 3.05) is 0 Å². The van der Waals surface area contributed by atoms with Gasteiger partial charge in [0, 0.05) is 16.5 Å². The molecule has 3 rings (SSSR count). The third-order valence-electron chi connectivity index (χ3n) is 4.09. The van der Waals surface area contributed by atoms with Crippen molar-refractivity contribution >= 4 is 46.2 Å². The third-order valence-corrected chi connectivity index (χ3v) is 4.09. The number of hydrogen-bond donors (Lipinski definition) is 3. The molecule has 0 unspecified atom stereocenters. The number of aliphatic carboxylic acids is 1. The Bertz CT molecular complexity index is 1090. The van der Waals surface area contributed by atoms with Gasteiger partial charge in [0.2, 0.25) is 0 Å². The molecule has 3 aromatic rings. The second-order valence-electron chi connectivity index (χ2n) is 6.21. The molecule has 1 aromatic heterocycles. The Kier molecular flexibility index (Phi) is 5.54. The van der Waals surface area contributed by atoms with Crippen molar-refractivity contribution in [3.8, 4) is 17.2 Å². The highest BCUT2D eigenvalue weighted by molar-refractivity contribution is 6.51. The van der Waals surface area contributed by atoms with Gasteiger partial charge >= 0.3 is 5.97 Å². The van der Waals surface area contributed by atoms with Crippen LogP contribution in [0.3, 0.4) is 0 Å². The maximum atomic E-state index is 12.4. The van der Waals surface area contributed by atoms with Crippen LogP contribution < -0.4 is 10.1 Å². The van der Waals surface area contributed by atoms with E-state index >= 15 is 0 Å². The van der Waals surface area contributed by atoms with Crippen LogP contribution in [0, 0.1) is 0 Å². The molecular weight excluding hydrogens is 369 g/mol. The molecule has 2 aromatic carbocycles. The first kappa shape index (κ1) is 20.3. The van der Waals surface area contributed by atoms with Gasteiger partial charge in [-0.3, -0.25) is 9.59 Å². The van der Waals surface area contributed by atoms with Crippen LogP contribution in [0.2, 0.25) is 0 Å². The minimum absolute atomic E-state index is 0.0544. The van der Waals surface area contributed by atoms with E-state index in [1.807, 2.05) is 23.5 Å². The van der Waals surface area contributed by atoms with Crippen LogP contribution in [0.5, 0.6) is 17.2 Å². The molecule has 29 heavy (non-hydrogen) atoms. The largest absolute Gasteiger partial charge is 0.505 e. The van der Waals surface area contributed by atoms with E-state index in [1.54, 1.807) is 24.3 Å². The summed E-state index contributed by atoms with van der Waals surface area (Å²) in [7, 11) is 16.4. The Labute approximate surface area is 170 Å². The molecule has 0 aliphatic heterocycles. The van der Waals surface area contributed by atoms with Gasteiger partial charge in [0.25, 0.3) is 5.91 Å². The Morgan fingerprint density at radius 2 is 1.76 bits per heavy atom. The van der Waals surface area contributed by atoms with Crippen LogP contribution in [-0.4, -0.2) is 55.9 Å². The lowest BCUT2D eigenvalue weighted by Gasteiger charge is -2.22. The van der Waals surface area contributed by atoms with Gasteiger partial charge in [-0.1, -0.05) is 18.2 Å².